The Bertz CT molecular complexity index is 2080. The molecule has 0 atom stereocenters. The lowest BCUT2D eigenvalue weighted by Crippen LogP contribution is -2.44. The number of carbonyl (C=O) groups is 1. The number of aryl methyl sites for hydroxylation is 1. The molecule has 2 aromatic heterocycles. The molecule has 1 aliphatic rings. The maximum absolute atomic E-state index is 12.4. The number of quaternary nitrogens is 1. The zero-order chi connectivity index (χ0) is 49.3. The molecule has 388 valence electrons. The summed E-state index contributed by atoms with van der Waals surface area (Å²) in [5.74, 6) is 0.0693. The lowest BCUT2D eigenvalue weighted by Gasteiger charge is -2.29. The van der Waals surface area contributed by atoms with Crippen molar-refractivity contribution in [3.8, 4) is 0 Å². The molecule has 2 aromatic carbocycles. The zero-order valence-electron chi connectivity index (χ0n) is 41.8. The quantitative estimate of drug-likeness (QED) is 0.0347. The number of thioether (sulfide) groups is 1. The number of hydrogen-bond donors (Lipinski definition) is 1. The smallest absolute Gasteiger partial charge is 0.220 e. The van der Waals surface area contributed by atoms with Gasteiger partial charge >= 0.3 is 0 Å². The number of ether oxygens (including phenoxy) is 9. The molecule has 0 unspecified atom stereocenters. The average Bonchev–Trinajstić information content (AvgIpc) is 3.96. The first-order chi connectivity index (χ1) is 34.3. The second-order valence-electron chi connectivity index (χ2n) is 17.3. The van der Waals surface area contributed by atoms with E-state index < -0.39 is 6.67 Å². The highest BCUT2D eigenvalue weighted by molar-refractivity contribution is 8.03. The predicted molar refractivity (Wildman–Crippen MR) is 268 cm³/mol. The van der Waals surface area contributed by atoms with Crippen LogP contribution in [0.5, 0.6) is 0 Å². The second kappa shape index (κ2) is 34.3. The van der Waals surface area contributed by atoms with Crippen molar-refractivity contribution in [1.82, 2.24) is 20.3 Å². The number of benzene rings is 2. The maximum Gasteiger partial charge on any atom is 0.220 e. The summed E-state index contributed by atoms with van der Waals surface area (Å²) in [7, 11) is 6.72. The number of carbonyl (C=O) groups excluding carboxylic acids is 1. The molecule has 19 heteroatoms. The normalized spacial score (nSPS) is 13.3. The van der Waals surface area contributed by atoms with E-state index in [-0.39, 0.29) is 12.5 Å². The van der Waals surface area contributed by atoms with E-state index in [1.807, 2.05) is 18.0 Å². The summed E-state index contributed by atoms with van der Waals surface area (Å²) in [5, 5.41) is 13.6. The van der Waals surface area contributed by atoms with Gasteiger partial charge in [-0.05, 0) is 42.7 Å². The standard InChI is InChI=1S/C51H77FN7O10S/c1-56-48-13-6-7-14-49(48)70-51(56)41-44-16-20-57(47-12-5-4-11-46(44)47)19-10-23-59(2,3)22-9-8-15-50(60)53-18-25-62-28-31-64-33-35-66-37-38-67-36-34-65-32-29-63-26-21-58-42-45(54-55-58)43-69-40-39-68-30-27-61-24-17-52/h4-7,11-14,16,20,41-42H,8-10,15,17-19,21-40,43H2,1-3H3/q+1/p+1/i52-1. The molecule has 17 nitrogen and oxygen atoms in total. The van der Waals surface area contributed by atoms with Gasteiger partial charge in [-0.25, -0.2) is 9.07 Å². The molecule has 0 bridgehead atoms. The first kappa shape index (κ1) is 56.8. The number of aromatic nitrogens is 4. The summed E-state index contributed by atoms with van der Waals surface area (Å²) in [4.78, 5) is 16.0. The van der Waals surface area contributed by atoms with Crippen LogP contribution in [0.15, 0.2) is 76.9 Å². The van der Waals surface area contributed by atoms with Gasteiger partial charge in [0.05, 0.1) is 181 Å². The van der Waals surface area contributed by atoms with Crippen LogP contribution in [0.3, 0.4) is 0 Å². The van der Waals surface area contributed by atoms with Gasteiger partial charge in [-0.3, -0.25) is 4.79 Å². The van der Waals surface area contributed by atoms with Crippen LogP contribution < -0.4 is 14.8 Å². The number of amides is 1. The molecule has 1 amide bonds. The third kappa shape index (κ3) is 22.5. The molecule has 1 aliphatic heterocycles. The Balaban J connectivity index is 0.750. The van der Waals surface area contributed by atoms with Crippen LogP contribution in [0.4, 0.5) is 10.1 Å². The number of para-hydroxylation sites is 2. The van der Waals surface area contributed by atoms with Crippen molar-refractivity contribution in [2.75, 3.05) is 165 Å². The maximum atomic E-state index is 12.4. The second-order valence-corrected chi connectivity index (χ2v) is 18.3. The van der Waals surface area contributed by atoms with Crippen molar-refractivity contribution in [2.24, 2.45) is 0 Å². The molecule has 0 radical (unpaired) electrons. The molecular weight excluding hydrogens is 921 g/mol. The Morgan fingerprint density at radius 1 is 0.714 bits per heavy atom. The third-order valence-corrected chi connectivity index (χ3v) is 12.4. The Morgan fingerprint density at radius 3 is 1.97 bits per heavy atom. The molecule has 3 heterocycles. The lowest BCUT2D eigenvalue weighted by molar-refractivity contribution is -0.892. The van der Waals surface area contributed by atoms with E-state index in [0.29, 0.717) is 132 Å². The molecule has 0 aliphatic carbocycles. The van der Waals surface area contributed by atoms with Gasteiger partial charge in [0.1, 0.15) is 12.4 Å². The Hall–Kier alpha value is -4.12. The molecule has 0 saturated carbocycles. The van der Waals surface area contributed by atoms with Gasteiger partial charge < -0.3 is 57.3 Å². The van der Waals surface area contributed by atoms with Crippen LogP contribution in [0, 0.1) is 0 Å². The molecule has 5 rings (SSSR count). The average molecular weight is 999 g/mol. The van der Waals surface area contributed by atoms with Crippen LogP contribution in [-0.2, 0) is 67.1 Å². The SMILES string of the molecule is CN1/C(=C/c2cc[n+](CCC[N+](C)(C)CCCCC(=O)NCCOCCOCCOCCOCCOCCOCCn3cc(COCCOCCOCC[18F])nn3)c3ccccc23)Sc2ccccc21. The van der Waals surface area contributed by atoms with Crippen LogP contribution >= 0.6 is 11.8 Å². The monoisotopic (exact) mass is 999 g/mol. The first-order valence-electron chi connectivity index (χ1n) is 24.7. The molecule has 0 fully saturated rings. The Morgan fingerprint density at radius 2 is 1.30 bits per heavy atom. The summed E-state index contributed by atoms with van der Waals surface area (Å²) >= 11 is 1.82. The van der Waals surface area contributed by atoms with E-state index in [0.717, 1.165) is 49.1 Å². The van der Waals surface area contributed by atoms with E-state index in [9.17, 15) is 9.18 Å². The number of halogens is 1. The van der Waals surface area contributed by atoms with E-state index in [2.05, 4.69) is 113 Å². The van der Waals surface area contributed by atoms with Crippen LogP contribution in [0.25, 0.3) is 17.0 Å². The highest BCUT2D eigenvalue weighted by Gasteiger charge is 2.23. The molecule has 0 saturated heterocycles. The summed E-state index contributed by atoms with van der Waals surface area (Å²) in [6.45, 7) is 11.3. The number of nitrogens with zero attached hydrogens (tertiary/aromatic N) is 6. The van der Waals surface area contributed by atoms with Crippen LogP contribution in [0.2, 0.25) is 0 Å². The topological polar surface area (TPSA) is 150 Å². The number of anilines is 1. The molecule has 70 heavy (non-hydrogen) atoms. The van der Waals surface area contributed by atoms with Crippen LogP contribution in [0.1, 0.15) is 36.9 Å². The van der Waals surface area contributed by atoms with E-state index in [1.54, 1.807) is 4.68 Å². The van der Waals surface area contributed by atoms with Crippen molar-refractivity contribution >= 4 is 40.3 Å². The molecule has 0 spiro atoms. The Labute approximate surface area is 418 Å². The fourth-order valence-electron chi connectivity index (χ4n) is 7.51. The first-order valence-corrected chi connectivity index (χ1v) is 25.5. The number of pyridine rings is 1. The minimum atomic E-state index is -0.489. The van der Waals surface area contributed by atoms with Crippen molar-refractivity contribution in [2.45, 2.75) is 50.3 Å². The fourth-order valence-corrected chi connectivity index (χ4v) is 8.61. The van der Waals surface area contributed by atoms with Gasteiger partial charge in [0, 0.05) is 37.0 Å². The van der Waals surface area contributed by atoms with Crippen molar-refractivity contribution in [3.63, 3.8) is 0 Å². The predicted octanol–water partition coefficient (Wildman–Crippen LogP) is 5.33. The largest absolute Gasteiger partial charge is 0.377 e. The molecular formula is C51H78FN7O10S+2. The third-order valence-electron chi connectivity index (χ3n) is 11.3. The summed E-state index contributed by atoms with van der Waals surface area (Å²) in [5.41, 5.74) is 4.47. The lowest BCUT2D eigenvalue weighted by atomic mass is 10.1. The summed E-state index contributed by atoms with van der Waals surface area (Å²) in [6, 6.07) is 19.5. The zero-order valence-corrected chi connectivity index (χ0v) is 42.6. The van der Waals surface area contributed by atoms with Crippen LogP contribution in [-0.4, -0.2) is 185 Å². The van der Waals surface area contributed by atoms with Gasteiger partial charge in [0.15, 0.2) is 12.7 Å². The summed E-state index contributed by atoms with van der Waals surface area (Å²) in [6.07, 6.45) is 9.83. The van der Waals surface area contributed by atoms with Gasteiger partial charge in [0.2, 0.25) is 11.4 Å². The minimum Gasteiger partial charge on any atom is -0.377 e. The highest BCUT2D eigenvalue weighted by atomic mass is 32.2. The van der Waals surface area contributed by atoms with Gasteiger partial charge in [-0.2, -0.15) is 4.57 Å². The number of fused-ring (bicyclic) bond motifs is 2. The number of nitrogens with one attached hydrogen (secondary N) is 1. The Kier molecular flexibility index (Phi) is 27.8. The minimum absolute atomic E-state index is 0.0693. The highest BCUT2D eigenvalue weighted by Crippen LogP contribution is 2.45. The number of alkyl halides is 1. The van der Waals surface area contributed by atoms with E-state index >= 15 is 0 Å². The number of rotatable bonds is 41. The summed E-state index contributed by atoms with van der Waals surface area (Å²) < 4.78 is 66.3. The molecule has 1 N–H and O–H groups in total. The van der Waals surface area contributed by atoms with Gasteiger partial charge in [-0.1, -0.05) is 41.2 Å². The molecule has 4 aromatic rings. The van der Waals surface area contributed by atoms with Crippen molar-refractivity contribution in [1.29, 1.82) is 0 Å². The van der Waals surface area contributed by atoms with E-state index in [4.69, 9.17) is 42.6 Å². The fraction of sp³-hybridized carbons (Fsp3) is 0.608. The van der Waals surface area contributed by atoms with Gasteiger partial charge in [0.25, 0.3) is 0 Å². The number of hydrogen-bond acceptors (Lipinski definition) is 14. The van der Waals surface area contributed by atoms with E-state index in [1.165, 1.54) is 32.1 Å². The van der Waals surface area contributed by atoms with Crippen molar-refractivity contribution < 1.29 is 60.9 Å². The van der Waals surface area contributed by atoms with Gasteiger partial charge in [-0.15, -0.1) is 5.10 Å². The number of unbranched alkanes of at least 4 members (excludes halogenated alkanes) is 1. The van der Waals surface area contributed by atoms with Crippen molar-refractivity contribution in [3.05, 3.63) is 83.3 Å².